The van der Waals surface area contributed by atoms with Crippen LogP contribution in [0.5, 0.6) is 11.5 Å². The molecule has 0 spiro atoms. The first-order valence-electron chi connectivity index (χ1n) is 7.78. The number of aromatic hydroxyl groups is 1. The second-order valence-corrected chi connectivity index (χ2v) is 7.37. The lowest BCUT2D eigenvalue weighted by Crippen LogP contribution is -2.35. The number of carbonyl (C=O) groups excluding carboxylic acids is 3. The van der Waals surface area contributed by atoms with E-state index in [9.17, 15) is 19.5 Å². The van der Waals surface area contributed by atoms with Gasteiger partial charge in [-0.05, 0) is 48.9 Å². The van der Waals surface area contributed by atoms with E-state index in [-0.39, 0.29) is 22.5 Å². The predicted molar refractivity (Wildman–Crippen MR) is 101 cm³/mol. The summed E-state index contributed by atoms with van der Waals surface area (Å²) < 4.78 is 10.7. The van der Waals surface area contributed by atoms with E-state index in [1.54, 1.807) is 6.92 Å². The van der Waals surface area contributed by atoms with Gasteiger partial charge < -0.3 is 14.6 Å². The smallest absolute Gasteiger partial charge is 0.326 e. The monoisotopic (exact) mass is 443 g/mol. The molecule has 2 amide bonds. The number of rotatable bonds is 6. The molecule has 0 aliphatic carbocycles. The molecule has 0 unspecified atom stereocenters. The van der Waals surface area contributed by atoms with Crippen molar-refractivity contribution in [3.63, 3.8) is 0 Å². The Morgan fingerprint density at radius 1 is 1.42 bits per heavy atom. The van der Waals surface area contributed by atoms with Gasteiger partial charge in [0.05, 0.1) is 18.1 Å². The summed E-state index contributed by atoms with van der Waals surface area (Å²) in [5.74, 6) is -1.02. The van der Waals surface area contributed by atoms with Crippen LogP contribution in [0.15, 0.2) is 21.5 Å². The van der Waals surface area contributed by atoms with Crippen LogP contribution < -0.4 is 4.74 Å². The van der Waals surface area contributed by atoms with Crippen molar-refractivity contribution >= 4 is 50.9 Å². The number of phenolic OH excluding ortho intramolecular Hbond substituents is 1. The molecule has 1 aliphatic heterocycles. The highest BCUT2D eigenvalue weighted by Gasteiger charge is 2.37. The molecule has 26 heavy (non-hydrogen) atoms. The van der Waals surface area contributed by atoms with E-state index in [1.807, 2.05) is 6.92 Å². The highest BCUT2D eigenvalue weighted by Crippen LogP contribution is 2.37. The molecular weight excluding hydrogens is 426 g/mol. The molecule has 1 aromatic rings. The van der Waals surface area contributed by atoms with Crippen LogP contribution in [0, 0.1) is 0 Å². The largest absolute Gasteiger partial charge is 0.504 e. The lowest BCUT2D eigenvalue weighted by Gasteiger charge is -2.14. The van der Waals surface area contributed by atoms with Gasteiger partial charge >= 0.3 is 5.97 Å². The zero-order valence-electron chi connectivity index (χ0n) is 14.4. The maximum atomic E-state index is 12.5. The summed E-state index contributed by atoms with van der Waals surface area (Å²) in [6.45, 7) is 3.18. The van der Waals surface area contributed by atoms with E-state index < -0.39 is 23.7 Å². The second-order valence-electron chi connectivity index (χ2n) is 5.52. The van der Waals surface area contributed by atoms with Crippen molar-refractivity contribution in [2.45, 2.75) is 26.4 Å². The normalized spacial score (nSPS) is 16.9. The SMILES string of the molecule is CC[C@@H](C)OC(=O)CN1C(=O)S/C(=C\c2cc(OC)c(O)cc2Br)C1=O. The number of methoxy groups -OCH3 is 1. The number of amides is 2. The van der Waals surface area contributed by atoms with E-state index in [4.69, 9.17) is 9.47 Å². The van der Waals surface area contributed by atoms with Gasteiger partial charge in [-0.1, -0.05) is 22.9 Å². The van der Waals surface area contributed by atoms with Gasteiger partial charge in [-0.15, -0.1) is 0 Å². The van der Waals surface area contributed by atoms with E-state index in [0.717, 1.165) is 16.7 Å². The fourth-order valence-corrected chi connectivity index (χ4v) is 3.36. The van der Waals surface area contributed by atoms with Gasteiger partial charge in [0.2, 0.25) is 0 Å². The van der Waals surface area contributed by atoms with Crippen LogP contribution in [0.4, 0.5) is 4.79 Å². The van der Waals surface area contributed by atoms with Crippen molar-refractivity contribution in [3.05, 3.63) is 27.1 Å². The zero-order chi connectivity index (χ0) is 19.4. The summed E-state index contributed by atoms with van der Waals surface area (Å²) in [5.41, 5.74) is 0.548. The molecule has 7 nitrogen and oxygen atoms in total. The van der Waals surface area contributed by atoms with Crippen LogP contribution >= 0.6 is 27.7 Å². The molecule has 1 fully saturated rings. The molecule has 1 saturated heterocycles. The maximum Gasteiger partial charge on any atom is 0.326 e. The van der Waals surface area contributed by atoms with Crippen molar-refractivity contribution in [2.75, 3.05) is 13.7 Å². The van der Waals surface area contributed by atoms with Crippen molar-refractivity contribution in [2.24, 2.45) is 0 Å². The molecule has 1 aromatic carbocycles. The average molecular weight is 444 g/mol. The van der Waals surface area contributed by atoms with Crippen LogP contribution in [0.3, 0.4) is 0 Å². The van der Waals surface area contributed by atoms with Gasteiger partial charge in [0.25, 0.3) is 11.1 Å². The molecule has 1 aliphatic rings. The number of benzene rings is 1. The molecule has 140 valence electrons. The molecule has 1 N–H and O–H groups in total. The van der Waals surface area contributed by atoms with Crippen LogP contribution in [0.2, 0.25) is 0 Å². The Morgan fingerprint density at radius 2 is 2.12 bits per heavy atom. The number of thioether (sulfide) groups is 1. The molecule has 9 heteroatoms. The molecule has 2 rings (SSSR count). The Bertz CT molecular complexity index is 779. The number of halogens is 1. The van der Waals surface area contributed by atoms with Gasteiger partial charge in [-0.3, -0.25) is 19.3 Å². The summed E-state index contributed by atoms with van der Waals surface area (Å²) in [7, 11) is 1.41. The Balaban J connectivity index is 2.20. The Morgan fingerprint density at radius 3 is 2.73 bits per heavy atom. The van der Waals surface area contributed by atoms with Crippen molar-refractivity contribution in [1.82, 2.24) is 4.90 Å². The number of carbonyl (C=O) groups is 3. The van der Waals surface area contributed by atoms with E-state index in [0.29, 0.717) is 16.5 Å². The van der Waals surface area contributed by atoms with Crippen LogP contribution in [-0.2, 0) is 14.3 Å². The Hall–Kier alpha value is -2.00. The predicted octanol–water partition coefficient (Wildman–Crippen LogP) is 3.54. The lowest BCUT2D eigenvalue weighted by molar-refractivity contribution is -0.150. The summed E-state index contributed by atoms with van der Waals surface area (Å²) >= 11 is 4.03. The Labute approximate surface area is 163 Å². The van der Waals surface area contributed by atoms with Crippen molar-refractivity contribution < 1.29 is 29.0 Å². The first kappa shape index (κ1) is 20.3. The molecule has 0 saturated carbocycles. The molecule has 0 radical (unpaired) electrons. The lowest BCUT2D eigenvalue weighted by atomic mass is 10.2. The summed E-state index contributed by atoms with van der Waals surface area (Å²) in [4.78, 5) is 37.4. The quantitative estimate of drug-likeness (QED) is 0.530. The zero-order valence-corrected chi connectivity index (χ0v) is 16.8. The number of esters is 1. The highest BCUT2D eigenvalue weighted by atomic mass is 79.9. The van der Waals surface area contributed by atoms with Gasteiger partial charge in [0.15, 0.2) is 11.5 Å². The molecule has 0 aromatic heterocycles. The van der Waals surface area contributed by atoms with Gasteiger partial charge in [0.1, 0.15) is 6.54 Å². The van der Waals surface area contributed by atoms with Crippen molar-refractivity contribution in [3.8, 4) is 11.5 Å². The summed E-state index contributed by atoms with van der Waals surface area (Å²) in [5, 5.41) is 9.20. The van der Waals surface area contributed by atoms with Gasteiger partial charge in [-0.2, -0.15) is 0 Å². The summed E-state index contributed by atoms with van der Waals surface area (Å²) in [6.07, 6.45) is 1.86. The third kappa shape index (κ3) is 4.59. The fraction of sp³-hybridized carbons (Fsp3) is 0.353. The maximum absolute atomic E-state index is 12.5. The van der Waals surface area contributed by atoms with E-state index >= 15 is 0 Å². The van der Waals surface area contributed by atoms with Gasteiger partial charge in [-0.25, -0.2) is 0 Å². The van der Waals surface area contributed by atoms with Gasteiger partial charge in [0, 0.05) is 4.47 Å². The fourth-order valence-electron chi connectivity index (χ4n) is 2.08. The molecule has 0 bridgehead atoms. The molecule has 1 atom stereocenters. The first-order valence-corrected chi connectivity index (χ1v) is 9.39. The molecule has 1 heterocycles. The minimum atomic E-state index is -0.629. The van der Waals surface area contributed by atoms with Crippen LogP contribution in [-0.4, -0.2) is 46.9 Å². The minimum Gasteiger partial charge on any atom is -0.504 e. The average Bonchev–Trinajstić information content (AvgIpc) is 2.84. The first-order chi connectivity index (χ1) is 12.3. The van der Waals surface area contributed by atoms with Crippen molar-refractivity contribution in [1.29, 1.82) is 0 Å². The number of nitrogens with zero attached hydrogens (tertiary/aromatic N) is 1. The van der Waals surface area contributed by atoms with Crippen LogP contribution in [0.25, 0.3) is 6.08 Å². The topological polar surface area (TPSA) is 93.1 Å². The number of hydrogen-bond donors (Lipinski definition) is 1. The third-order valence-corrected chi connectivity index (χ3v) is 5.25. The molecular formula is C17H18BrNO6S. The number of imide groups is 1. The van der Waals surface area contributed by atoms with Crippen LogP contribution in [0.1, 0.15) is 25.8 Å². The number of hydrogen-bond acceptors (Lipinski definition) is 7. The minimum absolute atomic E-state index is 0.0579. The number of phenols is 1. The standard InChI is InChI=1S/C17H18BrNO6S/c1-4-9(2)25-15(21)8-19-16(22)14(26-17(19)23)6-10-5-13(24-3)12(20)7-11(10)18/h5-7,9,20H,4,8H2,1-3H3/b14-6-/t9-/m1/s1. The highest BCUT2D eigenvalue weighted by molar-refractivity contribution is 9.10. The van der Waals surface area contributed by atoms with E-state index in [1.165, 1.54) is 25.3 Å². The van der Waals surface area contributed by atoms with E-state index in [2.05, 4.69) is 15.9 Å². The second kappa shape index (κ2) is 8.59. The summed E-state index contributed by atoms with van der Waals surface area (Å²) in [6, 6.07) is 2.96. The number of ether oxygens (including phenoxy) is 2. The third-order valence-electron chi connectivity index (χ3n) is 3.65. The Kier molecular flexibility index (Phi) is 6.71.